The third-order valence-electron chi connectivity index (χ3n) is 4.08. The van der Waals surface area contributed by atoms with E-state index in [0.717, 1.165) is 11.3 Å². The maximum absolute atomic E-state index is 12.5. The molecule has 0 saturated heterocycles. The minimum atomic E-state index is -0.244. The molecular weight excluding hydrogens is 337 g/mol. The Hall–Kier alpha value is -1.30. The Morgan fingerprint density at radius 1 is 1.43 bits per heavy atom. The summed E-state index contributed by atoms with van der Waals surface area (Å²) in [4.78, 5) is 27.8. The second-order valence-corrected chi connectivity index (χ2v) is 6.41. The van der Waals surface area contributed by atoms with Crippen LogP contribution < -0.4 is 10.6 Å². The van der Waals surface area contributed by atoms with E-state index >= 15 is 0 Å². The molecule has 1 aliphatic rings. The number of benzene rings is 1. The number of anilines is 1. The number of rotatable bonds is 4. The van der Waals surface area contributed by atoms with Crippen molar-refractivity contribution in [1.29, 1.82) is 0 Å². The van der Waals surface area contributed by atoms with Gasteiger partial charge in [-0.25, -0.2) is 0 Å². The Bertz CT molecular complexity index is 593. The molecule has 1 aliphatic heterocycles. The molecular formula is C16H23Cl2N3O2. The molecule has 5 nitrogen and oxygen atoms in total. The van der Waals surface area contributed by atoms with Crippen molar-refractivity contribution in [3.05, 3.63) is 28.8 Å². The van der Waals surface area contributed by atoms with Gasteiger partial charge in [0, 0.05) is 56.2 Å². The smallest absolute Gasteiger partial charge is 0.231 e. The summed E-state index contributed by atoms with van der Waals surface area (Å²) >= 11 is 6.09. The number of halogens is 2. The third kappa shape index (κ3) is 4.16. The Morgan fingerprint density at radius 2 is 2.09 bits per heavy atom. The number of nitrogens with two attached hydrogens (primary N) is 1. The maximum atomic E-state index is 12.5. The lowest BCUT2D eigenvalue weighted by Gasteiger charge is -2.21. The monoisotopic (exact) mass is 359 g/mol. The molecule has 1 aromatic carbocycles. The number of carbonyl (C=O) groups is 2. The van der Waals surface area contributed by atoms with Gasteiger partial charge in [-0.05, 0) is 23.8 Å². The number of amides is 2. The van der Waals surface area contributed by atoms with Gasteiger partial charge in [-0.2, -0.15) is 0 Å². The summed E-state index contributed by atoms with van der Waals surface area (Å²) in [6.45, 7) is 2.62. The zero-order valence-electron chi connectivity index (χ0n) is 13.6. The molecule has 0 aromatic heterocycles. The second-order valence-electron chi connectivity index (χ2n) is 5.98. The minimum absolute atomic E-state index is 0. The highest BCUT2D eigenvalue weighted by molar-refractivity contribution is 6.30. The van der Waals surface area contributed by atoms with Gasteiger partial charge in [0.15, 0.2) is 0 Å². The van der Waals surface area contributed by atoms with E-state index in [1.54, 1.807) is 30.0 Å². The predicted molar refractivity (Wildman–Crippen MR) is 95.3 cm³/mol. The highest BCUT2D eigenvalue weighted by Gasteiger charge is 2.35. The number of carbonyl (C=O) groups excluding carboxylic acids is 2. The lowest BCUT2D eigenvalue weighted by Crippen LogP contribution is -2.37. The predicted octanol–water partition coefficient (Wildman–Crippen LogP) is 2.27. The normalized spacial score (nSPS) is 17.3. The van der Waals surface area contributed by atoms with E-state index < -0.39 is 0 Å². The number of fused-ring (bicyclic) bond motifs is 1. The fraction of sp³-hybridized carbons (Fsp3) is 0.500. The topological polar surface area (TPSA) is 66.6 Å². The first-order valence-electron chi connectivity index (χ1n) is 7.36. The molecule has 0 fully saturated rings. The molecule has 23 heavy (non-hydrogen) atoms. The fourth-order valence-corrected chi connectivity index (χ4v) is 2.84. The van der Waals surface area contributed by atoms with Gasteiger partial charge in [0.1, 0.15) is 0 Å². The average Bonchev–Trinajstić information content (AvgIpc) is 2.83. The van der Waals surface area contributed by atoms with Gasteiger partial charge in [-0.3, -0.25) is 9.59 Å². The van der Waals surface area contributed by atoms with Crippen LogP contribution in [0, 0.1) is 5.92 Å². The molecule has 2 atom stereocenters. The molecule has 2 rings (SSSR count). The summed E-state index contributed by atoms with van der Waals surface area (Å²) in [5.74, 6) is -0.243. The van der Waals surface area contributed by atoms with E-state index in [1.807, 2.05) is 19.1 Å². The third-order valence-corrected chi connectivity index (χ3v) is 4.32. The average molecular weight is 360 g/mol. The standard InChI is InChI=1S/C16H22ClN3O2.ClH/c1-10(8-18)16(22)20-9-11(6-15(21)19(2)3)13-7-12(17)4-5-14(13)20;/h4-5,7,10-11H,6,8-9,18H2,1-3H3;1H. The van der Waals surface area contributed by atoms with Crippen molar-refractivity contribution in [3.63, 3.8) is 0 Å². The maximum Gasteiger partial charge on any atom is 0.231 e. The fourth-order valence-electron chi connectivity index (χ4n) is 2.66. The number of hydrogen-bond donors (Lipinski definition) is 1. The van der Waals surface area contributed by atoms with Crippen molar-refractivity contribution < 1.29 is 9.59 Å². The summed E-state index contributed by atoms with van der Waals surface area (Å²) < 4.78 is 0. The molecule has 128 valence electrons. The molecule has 2 amide bonds. The van der Waals surface area contributed by atoms with Crippen LogP contribution in [0.2, 0.25) is 5.02 Å². The SMILES string of the molecule is CC(CN)C(=O)N1CC(CC(=O)N(C)C)c2cc(Cl)ccc21.Cl. The van der Waals surface area contributed by atoms with Crippen LogP contribution in [-0.2, 0) is 9.59 Å². The quantitative estimate of drug-likeness (QED) is 0.896. The van der Waals surface area contributed by atoms with Gasteiger partial charge in [-0.15, -0.1) is 12.4 Å². The first-order valence-corrected chi connectivity index (χ1v) is 7.74. The van der Waals surface area contributed by atoms with Crippen LogP contribution in [0.5, 0.6) is 0 Å². The summed E-state index contributed by atoms with van der Waals surface area (Å²) in [7, 11) is 3.46. The van der Waals surface area contributed by atoms with Gasteiger partial charge in [0.25, 0.3) is 0 Å². The van der Waals surface area contributed by atoms with Crippen LogP contribution in [0.25, 0.3) is 0 Å². The Morgan fingerprint density at radius 3 is 2.65 bits per heavy atom. The van der Waals surface area contributed by atoms with Crippen molar-refractivity contribution in [1.82, 2.24) is 4.90 Å². The van der Waals surface area contributed by atoms with Crippen LogP contribution >= 0.6 is 24.0 Å². The Balaban J connectivity index is 0.00000264. The van der Waals surface area contributed by atoms with Gasteiger partial charge >= 0.3 is 0 Å². The zero-order valence-corrected chi connectivity index (χ0v) is 15.2. The first-order chi connectivity index (χ1) is 10.3. The van der Waals surface area contributed by atoms with Gasteiger partial charge in [0.05, 0.1) is 0 Å². The molecule has 0 radical (unpaired) electrons. The van der Waals surface area contributed by atoms with E-state index in [4.69, 9.17) is 17.3 Å². The van der Waals surface area contributed by atoms with Crippen LogP contribution in [0.3, 0.4) is 0 Å². The van der Waals surface area contributed by atoms with Crippen molar-refractivity contribution in [2.45, 2.75) is 19.3 Å². The molecule has 0 bridgehead atoms. The number of hydrogen-bond acceptors (Lipinski definition) is 3. The van der Waals surface area contributed by atoms with Gasteiger partial charge in [-0.1, -0.05) is 18.5 Å². The highest BCUT2D eigenvalue weighted by Crippen LogP contribution is 2.40. The molecule has 0 saturated carbocycles. The second kappa shape index (κ2) is 7.99. The van der Waals surface area contributed by atoms with E-state index in [1.165, 1.54) is 0 Å². The summed E-state index contributed by atoms with van der Waals surface area (Å²) in [6, 6.07) is 5.47. The summed E-state index contributed by atoms with van der Waals surface area (Å²) in [5.41, 5.74) is 7.41. The minimum Gasteiger partial charge on any atom is -0.349 e. The van der Waals surface area contributed by atoms with Crippen LogP contribution in [0.4, 0.5) is 5.69 Å². The largest absolute Gasteiger partial charge is 0.349 e. The van der Waals surface area contributed by atoms with E-state index in [9.17, 15) is 9.59 Å². The molecule has 2 unspecified atom stereocenters. The Kier molecular flexibility index (Phi) is 6.86. The molecule has 0 spiro atoms. The molecule has 2 N–H and O–H groups in total. The van der Waals surface area contributed by atoms with Gasteiger partial charge < -0.3 is 15.5 Å². The van der Waals surface area contributed by atoms with Crippen LogP contribution in [0.1, 0.15) is 24.8 Å². The number of nitrogens with zero attached hydrogens (tertiary/aromatic N) is 2. The first kappa shape index (κ1) is 19.7. The van der Waals surface area contributed by atoms with Crippen molar-refractivity contribution in [2.75, 3.05) is 32.1 Å². The lowest BCUT2D eigenvalue weighted by atomic mass is 9.97. The molecule has 7 heteroatoms. The molecule has 0 aliphatic carbocycles. The van der Waals surface area contributed by atoms with E-state index in [-0.39, 0.29) is 36.1 Å². The highest BCUT2D eigenvalue weighted by atomic mass is 35.5. The Labute approximate surface area is 148 Å². The summed E-state index contributed by atoms with van der Waals surface area (Å²) in [6.07, 6.45) is 0.362. The summed E-state index contributed by atoms with van der Waals surface area (Å²) in [5, 5.41) is 0.613. The zero-order chi connectivity index (χ0) is 16.4. The van der Waals surface area contributed by atoms with Gasteiger partial charge in [0.2, 0.25) is 11.8 Å². The molecule has 1 aromatic rings. The molecule has 1 heterocycles. The van der Waals surface area contributed by atoms with Crippen molar-refractivity contribution in [3.8, 4) is 0 Å². The lowest BCUT2D eigenvalue weighted by molar-refractivity contribution is -0.129. The van der Waals surface area contributed by atoms with Crippen molar-refractivity contribution >= 4 is 41.5 Å². The van der Waals surface area contributed by atoms with Crippen molar-refractivity contribution in [2.24, 2.45) is 11.7 Å². The van der Waals surface area contributed by atoms with E-state index in [2.05, 4.69) is 0 Å². The van der Waals surface area contributed by atoms with E-state index in [0.29, 0.717) is 24.5 Å². The van der Waals surface area contributed by atoms with Crippen LogP contribution in [0.15, 0.2) is 18.2 Å². The van der Waals surface area contributed by atoms with Crippen LogP contribution in [-0.4, -0.2) is 43.9 Å².